The van der Waals surface area contributed by atoms with E-state index in [1.165, 1.54) is 0 Å². The van der Waals surface area contributed by atoms with E-state index >= 15 is 0 Å². The van der Waals surface area contributed by atoms with Crippen molar-refractivity contribution in [1.82, 2.24) is 0 Å². The fourth-order valence-corrected chi connectivity index (χ4v) is 1.49. The first-order valence-corrected chi connectivity index (χ1v) is 5.54. The summed E-state index contributed by atoms with van der Waals surface area (Å²) in [5, 5.41) is -0.660. The summed E-state index contributed by atoms with van der Waals surface area (Å²) in [5.74, 6) is 0. The summed E-state index contributed by atoms with van der Waals surface area (Å²) in [6, 6.07) is 0. The van der Waals surface area contributed by atoms with Gasteiger partial charge in [-0.1, -0.05) is 92.8 Å². The molecule has 0 saturated carbocycles. The summed E-state index contributed by atoms with van der Waals surface area (Å²) in [4.78, 5) is 0. The second-order valence-corrected chi connectivity index (χ2v) is 6.06. The molecule has 76 valence electrons. The Labute approximate surface area is 115 Å². The lowest BCUT2D eigenvalue weighted by atomic mass is 10.5. The van der Waals surface area contributed by atoms with Gasteiger partial charge in [-0.05, 0) is 0 Å². The Hall–Kier alpha value is 1.80. The van der Waals surface area contributed by atoms with Crippen molar-refractivity contribution in [3.8, 4) is 0 Å². The fraction of sp³-hybridized carbons (Fsp3) is 0.200. The molecule has 0 aromatic carbocycles. The maximum absolute atomic E-state index is 5.60. The van der Waals surface area contributed by atoms with Gasteiger partial charge in [0.15, 0.2) is 0 Å². The molecular formula is C5Cl8. The van der Waals surface area contributed by atoms with E-state index in [2.05, 4.69) is 0 Å². The number of alkyl halides is 3. The Morgan fingerprint density at radius 3 is 1.31 bits per heavy atom. The Morgan fingerprint density at radius 1 is 0.692 bits per heavy atom. The molecule has 0 unspecified atom stereocenters. The minimum atomic E-state index is -1.86. The van der Waals surface area contributed by atoms with E-state index in [0.717, 1.165) is 0 Å². The third-order valence-corrected chi connectivity index (χ3v) is 3.65. The maximum atomic E-state index is 5.60. The number of halogens is 8. The second kappa shape index (κ2) is 5.77. The van der Waals surface area contributed by atoms with Crippen molar-refractivity contribution in [3.05, 3.63) is 19.6 Å². The topological polar surface area (TPSA) is 0 Å². The van der Waals surface area contributed by atoms with Crippen LogP contribution in [0.3, 0.4) is 0 Å². The molecule has 0 aromatic heterocycles. The zero-order valence-corrected chi connectivity index (χ0v) is 11.6. The average Bonchev–Trinajstić information content (AvgIpc) is 1.98. The molecule has 0 aliphatic heterocycles. The molecule has 0 fully saturated rings. The molecule has 8 heteroatoms. The third kappa shape index (κ3) is 4.90. The summed E-state index contributed by atoms with van der Waals surface area (Å²) in [5.41, 5.74) is 0. The summed E-state index contributed by atoms with van der Waals surface area (Å²) in [6.45, 7) is 0. The van der Waals surface area contributed by atoms with E-state index < -0.39 is 3.79 Å². The maximum Gasteiger partial charge on any atom is 0.227 e. The van der Waals surface area contributed by atoms with Gasteiger partial charge in [-0.3, -0.25) is 0 Å². The molecule has 0 aliphatic carbocycles. The SMILES string of the molecule is ClC(Cl)=C(Cl)/C(Cl)=C(/Cl)C(Cl)(Cl)Cl. The lowest BCUT2D eigenvalue weighted by Crippen LogP contribution is -2.03. The lowest BCUT2D eigenvalue weighted by Gasteiger charge is -2.11. The molecule has 0 rings (SSSR count). The summed E-state index contributed by atoms with van der Waals surface area (Å²) < 4.78 is -2.12. The fourth-order valence-electron chi connectivity index (χ4n) is 0.304. The van der Waals surface area contributed by atoms with Crippen LogP contribution in [0.15, 0.2) is 19.6 Å². The van der Waals surface area contributed by atoms with Gasteiger partial charge in [0, 0.05) is 0 Å². The van der Waals surface area contributed by atoms with E-state index in [0.29, 0.717) is 0 Å². The summed E-state index contributed by atoms with van der Waals surface area (Å²) >= 11 is 43.6. The van der Waals surface area contributed by atoms with Gasteiger partial charge in [0.1, 0.15) is 4.49 Å². The molecular weight excluding hydrogens is 344 g/mol. The van der Waals surface area contributed by atoms with Crippen molar-refractivity contribution < 1.29 is 0 Å². The standard InChI is InChI=1S/C5Cl8/c6-1(2(7)4(9)10)3(8)5(11,12)13/b3-1-. The summed E-state index contributed by atoms with van der Waals surface area (Å²) in [6.07, 6.45) is 0. The Bertz CT molecular complexity index is 252. The molecule has 0 amide bonds. The van der Waals surface area contributed by atoms with Gasteiger partial charge in [0.25, 0.3) is 0 Å². The average molecular weight is 344 g/mol. The number of hydrogen-bond donors (Lipinski definition) is 0. The molecule has 0 atom stereocenters. The Balaban J connectivity index is 5.18. The van der Waals surface area contributed by atoms with Crippen LogP contribution in [-0.4, -0.2) is 3.79 Å². The van der Waals surface area contributed by atoms with Crippen molar-refractivity contribution in [2.45, 2.75) is 3.79 Å². The third-order valence-electron chi connectivity index (χ3n) is 0.800. The van der Waals surface area contributed by atoms with Crippen molar-refractivity contribution in [3.63, 3.8) is 0 Å². The molecule has 0 aromatic rings. The molecule has 0 bridgehead atoms. The van der Waals surface area contributed by atoms with Crippen LogP contribution < -0.4 is 0 Å². The predicted molar refractivity (Wildman–Crippen MR) is 63.6 cm³/mol. The smallest absolute Gasteiger partial charge is 0.0828 e. The normalized spacial score (nSPS) is 13.8. The highest BCUT2D eigenvalue weighted by Crippen LogP contribution is 2.43. The van der Waals surface area contributed by atoms with Crippen LogP contribution in [0.25, 0.3) is 0 Å². The molecule has 0 heterocycles. The van der Waals surface area contributed by atoms with Gasteiger partial charge in [-0.25, -0.2) is 0 Å². The van der Waals surface area contributed by atoms with Gasteiger partial charge in [0.2, 0.25) is 3.79 Å². The summed E-state index contributed by atoms with van der Waals surface area (Å²) in [7, 11) is 0. The number of allylic oxidation sites excluding steroid dienone is 3. The van der Waals surface area contributed by atoms with Gasteiger partial charge in [-0.15, -0.1) is 0 Å². The van der Waals surface area contributed by atoms with Crippen LogP contribution in [0, 0.1) is 0 Å². The highest BCUT2D eigenvalue weighted by atomic mass is 35.6. The zero-order valence-electron chi connectivity index (χ0n) is 5.52. The van der Waals surface area contributed by atoms with Crippen LogP contribution in [0.4, 0.5) is 0 Å². The van der Waals surface area contributed by atoms with Crippen LogP contribution in [0.2, 0.25) is 0 Å². The predicted octanol–water partition coefficient (Wildman–Crippen LogP) is 5.93. The molecule has 0 saturated heterocycles. The van der Waals surface area contributed by atoms with Gasteiger partial charge >= 0.3 is 0 Å². The van der Waals surface area contributed by atoms with E-state index in [1.807, 2.05) is 0 Å². The Kier molecular flexibility index (Phi) is 6.57. The molecule has 0 radical (unpaired) electrons. The molecule has 0 nitrogen and oxygen atoms in total. The van der Waals surface area contributed by atoms with Gasteiger partial charge in [-0.2, -0.15) is 0 Å². The Morgan fingerprint density at radius 2 is 1.08 bits per heavy atom. The first-order valence-electron chi connectivity index (χ1n) is 2.51. The quantitative estimate of drug-likeness (QED) is 0.409. The minimum absolute atomic E-state index is 0.179. The molecule has 13 heavy (non-hydrogen) atoms. The first-order chi connectivity index (χ1) is 5.68. The molecule has 0 spiro atoms. The van der Waals surface area contributed by atoms with E-state index in [1.54, 1.807) is 0 Å². The number of rotatable bonds is 1. The second-order valence-electron chi connectivity index (χ2n) is 1.70. The van der Waals surface area contributed by atoms with Crippen LogP contribution in [0.1, 0.15) is 0 Å². The largest absolute Gasteiger partial charge is 0.227 e. The molecule has 0 N–H and O–H groups in total. The van der Waals surface area contributed by atoms with Crippen LogP contribution in [0.5, 0.6) is 0 Å². The van der Waals surface area contributed by atoms with Gasteiger partial charge in [0.05, 0.1) is 15.1 Å². The zero-order chi connectivity index (χ0) is 10.8. The highest BCUT2D eigenvalue weighted by Gasteiger charge is 2.28. The van der Waals surface area contributed by atoms with Crippen molar-refractivity contribution >= 4 is 92.8 Å². The monoisotopic (exact) mass is 340 g/mol. The minimum Gasteiger partial charge on any atom is -0.0828 e. The van der Waals surface area contributed by atoms with Gasteiger partial charge < -0.3 is 0 Å². The highest BCUT2D eigenvalue weighted by molar-refractivity contribution is 6.74. The van der Waals surface area contributed by atoms with Crippen LogP contribution >= 0.6 is 92.8 Å². The van der Waals surface area contributed by atoms with Crippen molar-refractivity contribution in [1.29, 1.82) is 0 Å². The lowest BCUT2D eigenvalue weighted by molar-refractivity contribution is 1.39. The van der Waals surface area contributed by atoms with E-state index in [9.17, 15) is 0 Å². The van der Waals surface area contributed by atoms with Crippen LogP contribution in [-0.2, 0) is 0 Å². The molecule has 0 aliphatic rings. The first kappa shape index (κ1) is 14.8. The number of hydrogen-bond acceptors (Lipinski definition) is 0. The van der Waals surface area contributed by atoms with Crippen molar-refractivity contribution in [2.75, 3.05) is 0 Å². The van der Waals surface area contributed by atoms with Crippen molar-refractivity contribution in [2.24, 2.45) is 0 Å². The van der Waals surface area contributed by atoms with E-state index in [-0.39, 0.29) is 19.6 Å². The van der Waals surface area contributed by atoms with E-state index in [4.69, 9.17) is 92.8 Å².